The fourth-order valence-electron chi connectivity index (χ4n) is 2.50. The second-order valence-electron chi connectivity index (χ2n) is 6.49. The van der Waals surface area contributed by atoms with Crippen LogP contribution >= 0.6 is 11.6 Å². The number of hydrogen-bond acceptors (Lipinski definition) is 7. The van der Waals surface area contributed by atoms with E-state index in [9.17, 15) is 5.26 Å². The monoisotopic (exact) mass is 415 g/mol. The summed E-state index contributed by atoms with van der Waals surface area (Å²) in [6.45, 7) is 5.41. The van der Waals surface area contributed by atoms with Gasteiger partial charge in [-0.1, -0.05) is 23.7 Å². The topological polar surface area (TPSA) is 93.4 Å². The first-order valence-corrected chi connectivity index (χ1v) is 9.67. The summed E-state index contributed by atoms with van der Waals surface area (Å²) in [5.41, 5.74) is 0.176. The minimum atomic E-state index is 0.176. The molecule has 1 N–H and O–H groups in total. The molecule has 29 heavy (non-hydrogen) atoms. The number of hydrogen-bond donors (Lipinski definition) is 1. The van der Waals surface area contributed by atoms with Gasteiger partial charge < -0.3 is 23.6 Å². The number of halogens is 1. The highest BCUT2D eigenvalue weighted by atomic mass is 35.5. The molecule has 0 atom stereocenters. The van der Waals surface area contributed by atoms with Crippen molar-refractivity contribution in [2.24, 2.45) is 0 Å². The van der Waals surface area contributed by atoms with E-state index < -0.39 is 0 Å². The van der Waals surface area contributed by atoms with Crippen molar-refractivity contribution in [3.05, 3.63) is 52.9 Å². The van der Waals surface area contributed by atoms with Gasteiger partial charge >= 0.3 is 0 Å². The van der Waals surface area contributed by atoms with Crippen molar-refractivity contribution < 1.29 is 18.3 Å². The van der Waals surface area contributed by atoms with Gasteiger partial charge in [0.05, 0.1) is 11.1 Å². The molecule has 7 nitrogen and oxygen atoms in total. The fourth-order valence-corrected chi connectivity index (χ4v) is 2.69. The Morgan fingerprint density at radius 1 is 1.21 bits per heavy atom. The molecule has 0 amide bonds. The summed E-state index contributed by atoms with van der Waals surface area (Å²) in [5.74, 6) is 2.11. The molecule has 0 radical (unpaired) electrons. The Kier molecular flexibility index (Phi) is 7.17. The minimum Gasteiger partial charge on any atom is -0.484 e. The van der Waals surface area contributed by atoms with Crippen molar-refractivity contribution in [3.8, 4) is 23.5 Å². The van der Waals surface area contributed by atoms with Crippen LogP contribution in [0.25, 0.3) is 11.7 Å². The molecule has 0 aliphatic rings. The summed E-state index contributed by atoms with van der Waals surface area (Å²) in [4.78, 5) is 4.19. The zero-order chi connectivity index (χ0) is 20.6. The van der Waals surface area contributed by atoms with E-state index in [2.05, 4.69) is 10.3 Å². The van der Waals surface area contributed by atoms with Gasteiger partial charge in [-0.2, -0.15) is 10.2 Å². The molecule has 0 saturated heterocycles. The van der Waals surface area contributed by atoms with E-state index in [1.54, 1.807) is 24.3 Å². The number of nitriles is 1. The molecule has 0 bridgehead atoms. The highest BCUT2D eigenvalue weighted by Gasteiger charge is 2.17. The molecule has 3 rings (SSSR count). The van der Waals surface area contributed by atoms with Crippen molar-refractivity contribution in [2.75, 3.05) is 18.5 Å². The molecule has 2 aromatic heterocycles. The minimum absolute atomic E-state index is 0.176. The van der Waals surface area contributed by atoms with Crippen LogP contribution in [0.5, 0.6) is 5.75 Å². The zero-order valence-electron chi connectivity index (χ0n) is 16.3. The SMILES string of the molecule is CC(C)OCCCNc1oc(-c2ccc(COc3ccccc3Cl)o2)nc1C#N. The predicted molar refractivity (Wildman–Crippen MR) is 109 cm³/mol. The van der Waals surface area contributed by atoms with E-state index in [1.807, 2.05) is 32.0 Å². The lowest BCUT2D eigenvalue weighted by Gasteiger charge is -2.07. The van der Waals surface area contributed by atoms with Crippen LogP contribution in [0.1, 0.15) is 31.7 Å². The number of oxazole rings is 1. The van der Waals surface area contributed by atoms with Gasteiger partial charge in [0, 0.05) is 13.2 Å². The van der Waals surface area contributed by atoms with Crippen molar-refractivity contribution in [1.29, 1.82) is 5.26 Å². The second-order valence-corrected chi connectivity index (χ2v) is 6.90. The molecule has 2 heterocycles. The van der Waals surface area contributed by atoms with Gasteiger partial charge in [0.1, 0.15) is 24.2 Å². The van der Waals surface area contributed by atoms with Gasteiger partial charge in [-0.05, 0) is 44.5 Å². The van der Waals surface area contributed by atoms with Gasteiger partial charge in [-0.3, -0.25) is 0 Å². The molecule has 3 aromatic rings. The van der Waals surface area contributed by atoms with Crippen LogP contribution < -0.4 is 10.1 Å². The molecule has 0 fully saturated rings. The molecule has 0 aliphatic heterocycles. The first kappa shape index (κ1) is 20.8. The Balaban J connectivity index is 1.60. The summed E-state index contributed by atoms with van der Waals surface area (Å²) >= 11 is 6.08. The Bertz CT molecular complexity index is 974. The number of rotatable bonds is 10. The molecule has 152 valence electrons. The van der Waals surface area contributed by atoms with Gasteiger partial charge in [0.2, 0.25) is 11.6 Å². The number of benzene rings is 1. The number of para-hydroxylation sites is 1. The Labute approximate surface area is 174 Å². The molecule has 0 aliphatic carbocycles. The first-order chi connectivity index (χ1) is 14.1. The summed E-state index contributed by atoms with van der Waals surface area (Å²) in [5, 5.41) is 12.9. The summed E-state index contributed by atoms with van der Waals surface area (Å²) in [7, 11) is 0. The smallest absolute Gasteiger partial charge is 0.266 e. The van der Waals surface area contributed by atoms with Crippen LogP contribution in [-0.4, -0.2) is 24.2 Å². The average molecular weight is 416 g/mol. The number of anilines is 1. The average Bonchev–Trinajstić information content (AvgIpc) is 3.33. The zero-order valence-corrected chi connectivity index (χ0v) is 17.0. The van der Waals surface area contributed by atoms with Gasteiger partial charge in [0.25, 0.3) is 5.89 Å². The van der Waals surface area contributed by atoms with Crippen LogP contribution in [0.3, 0.4) is 0 Å². The first-order valence-electron chi connectivity index (χ1n) is 9.29. The highest BCUT2D eigenvalue weighted by Crippen LogP contribution is 2.28. The van der Waals surface area contributed by atoms with E-state index in [1.165, 1.54) is 0 Å². The lowest BCUT2D eigenvalue weighted by molar-refractivity contribution is 0.0786. The molecular weight excluding hydrogens is 394 g/mol. The maximum atomic E-state index is 9.30. The second kappa shape index (κ2) is 10.0. The lowest BCUT2D eigenvalue weighted by Crippen LogP contribution is -2.09. The maximum absolute atomic E-state index is 9.30. The predicted octanol–water partition coefficient (Wildman–Crippen LogP) is 5.27. The Morgan fingerprint density at radius 3 is 2.79 bits per heavy atom. The van der Waals surface area contributed by atoms with Crippen LogP contribution in [0.4, 0.5) is 5.88 Å². The maximum Gasteiger partial charge on any atom is 0.266 e. The van der Waals surface area contributed by atoms with E-state index in [4.69, 9.17) is 29.9 Å². The highest BCUT2D eigenvalue weighted by molar-refractivity contribution is 6.32. The van der Waals surface area contributed by atoms with E-state index in [-0.39, 0.29) is 24.3 Å². The van der Waals surface area contributed by atoms with Gasteiger partial charge in [-0.25, -0.2) is 0 Å². The third kappa shape index (κ3) is 5.76. The van der Waals surface area contributed by atoms with Crippen LogP contribution in [-0.2, 0) is 11.3 Å². The normalized spacial score (nSPS) is 10.9. The van der Waals surface area contributed by atoms with Crippen molar-refractivity contribution >= 4 is 17.5 Å². The molecule has 1 aromatic carbocycles. The van der Waals surface area contributed by atoms with Crippen molar-refractivity contribution in [2.45, 2.75) is 33.0 Å². The molecule has 8 heteroatoms. The third-order valence-corrected chi connectivity index (χ3v) is 4.18. The summed E-state index contributed by atoms with van der Waals surface area (Å²) in [6, 6.07) is 12.7. The number of nitrogens with zero attached hydrogens (tertiary/aromatic N) is 2. The third-order valence-electron chi connectivity index (χ3n) is 3.87. The van der Waals surface area contributed by atoms with Crippen LogP contribution in [0.15, 0.2) is 45.2 Å². The lowest BCUT2D eigenvalue weighted by atomic mass is 10.3. The molecule has 0 saturated carbocycles. The fraction of sp³-hybridized carbons (Fsp3) is 0.333. The summed E-state index contributed by atoms with van der Waals surface area (Å²) in [6.07, 6.45) is 0.972. The van der Waals surface area contributed by atoms with Crippen molar-refractivity contribution in [1.82, 2.24) is 4.98 Å². The Hall–Kier alpha value is -2.95. The van der Waals surface area contributed by atoms with Crippen LogP contribution in [0, 0.1) is 11.3 Å². The van der Waals surface area contributed by atoms with Crippen molar-refractivity contribution in [3.63, 3.8) is 0 Å². The van der Waals surface area contributed by atoms with E-state index >= 15 is 0 Å². The van der Waals surface area contributed by atoms with Gasteiger partial charge in [-0.15, -0.1) is 0 Å². The molecule has 0 unspecified atom stereocenters. The quantitative estimate of drug-likeness (QED) is 0.451. The van der Waals surface area contributed by atoms with Gasteiger partial charge in [0.15, 0.2) is 5.76 Å². The standard InChI is InChI=1S/C21H22ClN3O4/c1-14(2)26-11-5-10-24-20-17(12-23)25-21(29-20)19-9-8-15(28-19)13-27-18-7-4-3-6-16(18)22/h3-4,6-9,14,24H,5,10-11,13H2,1-2H3. The number of ether oxygens (including phenoxy) is 2. The van der Waals surface area contributed by atoms with E-state index in [0.29, 0.717) is 41.3 Å². The van der Waals surface area contributed by atoms with E-state index in [0.717, 1.165) is 6.42 Å². The summed E-state index contributed by atoms with van der Waals surface area (Å²) < 4.78 is 22.6. The number of nitrogens with one attached hydrogen (secondary N) is 1. The number of furan rings is 1. The largest absolute Gasteiger partial charge is 0.484 e. The van der Waals surface area contributed by atoms with Crippen LogP contribution in [0.2, 0.25) is 5.02 Å². The molecular formula is C21H22ClN3O4. The molecule has 0 spiro atoms. The number of aromatic nitrogens is 1. The Morgan fingerprint density at radius 2 is 2.03 bits per heavy atom.